The Hall–Kier alpha value is -3.02. The highest BCUT2D eigenvalue weighted by atomic mass is 35.5. The minimum Gasteiger partial charge on any atom is -0.496 e. The minimum atomic E-state index is -0.345. The largest absolute Gasteiger partial charge is 0.496 e. The molecule has 1 aliphatic heterocycles. The molecule has 34 heavy (non-hydrogen) atoms. The molecule has 2 aliphatic rings. The number of carbonyl (C=O) groups excluding carboxylic acids is 1. The Bertz CT molecular complexity index is 1220. The summed E-state index contributed by atoms with van der Waals surface area (Å²) >= 11 is 0. The highest BCUT2D eigenvalue weighted by molar-refractivity contribution is 6.08. The fourth-order valence-electron chi connectivity index (χ4n) is 5.57. The third-order valence-corrected chi connectivity index (χ3v) is 6.89. The molecule has 0 spiro atoms. The smallest absolute Gasteiger partial charge is 0.251 e. The summed E-state index contributed by atoms with van der Waals surface area (Å²) in [6.45, 7) is 5.68. The van der Waals surface area contributed by atoms with Crippen molar-refractivity contribution >= 4 is 24.0 Å². The number of nitrogens with two attached hydrogens (primary N) is 1. The number of nitrogens with one attached hydrogen (secondary N) is 1. The minimum absolute atomic E-state index is 0. The van der Waals surface area contributed by atoms with E-state index in [2.05, 4.69) is 47.5 Å². The van der Waals surface area contributed by atoms with Gasteiger partial charge < -0.3 is 20.7 Å². The number of primary amides is 1. The van der Waals surface area contributed by atoms with Gasteiger partial charge in [-0.1, -0.05) is 55.8 Å². The molecule has 1 aliphatic carbocycles. The van der Waals surface area contributed by atoms with E-state index in [0.717, 1.165) is 73.6 Å². The average Bonchev–Trinajstić information content (AvgIpc) is 3.23. The monoisotopic (exact) mass is 477 g/mol. The van der Waals surface area contributed by atoms with Gasteiger partial charge >= 0.3 is 0 Å². The molecule has 178 valence electrons. The zero-order chi connectivity index (χ0) is 22.9. The van der Waals surface area contributed by atoms with Crippen LogP contribution >= 0.6 is 12.4 Å². The number of rotatable bonds is 6. The number of hydrogen-bond donors (Lipinski definition) is 2. The number of ether oxygens (including phenoxy) is 1. The van der Waals surface area contributed by atoms with E-state index in [0.29, 0.717) is 5.56 Å². The molecule has 0 unspecified atom stereocenters. The Morgan fingerprint density at radius 1 is 1.03 bits per heavy atom. The van der Waals surface area contributed by atoms with Gasteiger partial charge in [-0.3, -0.25) is 4.79 Å². The number of benzene rings is 3. The van der Waals surface area contributed by atoms with Crippen LogP contribution in [0.2, 0.25) is 0 Å². The number of fused-ring (bicyclic) bond motifs is 3. The van der Waals surface area contributed by atoms with Crippen molar-refractivity contribution in [3.8, 4) is 28.0 Å². The lowest BCUT2D eigenvalue weighted by Crippen LogP contribution is -2.45. The second-order valence-corrected chi connectivity index (χ2v) is 8.82. The number of carbonyl (C=O) groups is 1. The van der Waals surface area contributed by atoms with Crippen molar-refractivity contribution in [2.75, 3.05) is 38.2 Å². The first-order chi connectivity index (χ1) is 16.2. The Morgan fingerprint density at radius 2 is 1.71 bits per heavy atom. The summed E-state index contributed by atoms with van der Waals surface area (Å²) in [4.78, 5) is 15.5. The second kappa shape index (κ2) is 10.1. The van der Waals surface area contributed by atoms with Gasteiger partial charge in [-0.15, -0.1) is 12.4 Å². The van der Waals surface area contributed by atoms with E-state index in [1.165, 1.54) is 22.3 Å². The average molecular weight is 478 g/mol. The first kappa shape index (κ1) is 24.1. The van der Waals surface area contributed by atoms with Crippen LogP contribution in [0.1, 0.15) is 40.4 Å². The normalized spacial score (nSPS) is 14.2. The standard InChI is InChI=1S/C28H31N3O2.ClH/c1-3-8-21-25(20-11-6-7-12-23(20)33-2)24-19-10-5-4-9-18(19)17-22(24)27(26(21)28(29)32)31-15-13-30-14-16-31;/h4-7,9-12,30H,3,8,13-17H2,1-2H3,(H2,29,32);1H. The molecule has 3 aromatic rings. The van der Waals surface area contributed by atoms with Crippen LogP contribution in [0.25, 0.3) is 22.3 Å². The number of nitrogens with zero attached hydrogens (tertiary/aromatic N) is 1. The third-order valence-electron chi connectivity index (χ3n) is 6.89. The van der Waals surface area contributed by atoms with E-state index in [-0.39, 0.29) is 18.3 Å². The SMILES string of the molecule is CCCc1c(C(N)=O)c(N2CCNCC2)c2c(c1-c1ccccc1OC)-c1ccccc1C2.Cl. The van der Waals surface area contributed by atoms with Crippen molar-refractivity contribution in [1.82, 2.24) is 5.32 Å². The topological polar surface area (TPSA) is 67.6 Å². The van der Waals surface area contributed by atoms with Crippen LogP contribution in [-0.4, -0.2) is 39.2 Å². The fraction of sp³-hybridized carbons (Fsp3) is 0.321. The molecule has 6 heteroatoms. The number of para-hydroxylation sites is 1. The first-order valence-corrected chi connectivity index (χ1v) is 11.8. The number of hydrogen-bond acceptors (Lipinski definition) is 4. The summed E-state index contributed by atoms with van der Waals surface area (Å²) < 4.78 is 5.79. The summed E-state index contributed by atoms with van der Waals surface area (Å²) in [5, 5.41) is 3.44. The van der Waals surface area contributed by atoms with Crippen molar-refractivity contribution in [1.29, 1.82) is 0 Å². The maximum absolute atomic E-state index is 13.1. The van der Waals surface area contributed by atoms with E-state index >= 15 is 0 Å². The fourth-order valence-corrected chi connectivity index (χ4v) is 5.57. The van der Waals surface area contributed by atoms with Crippen molar-refractivity contribution < 1.29 is 9.53 Å². The van der Waals surface area contributed by atoms with Crippen molar-refractivity contribution in [3.05, 3.63) is 70.8 Å². The Labute approximate surface area is 207 Å². The summed E-state index contributed by atoms with van der Waals surface area (Å²) in [5.41, 5.74) is 16.0. The maximum atomic E-state index is 13.1. The maximum Gasteiger partial charge on any atom is 0.251 e. The highest BCUT2D eigenvalue weighted by Crippen LogP contribution is 2.52. The molecule has 1 saturated heterocycles. The molecule has 5 nitrogen and oxygen atoms in total. The van der Waals surface area contributed by atoms with Gasteiger partial charge in [0.1, 0.15) is 5.75 Å². The Balaban J connectivity index is 0.00000274. The number of piperazine rings is 1. The number of halogens is 1. The van der Waals surface area contributed by atoms with E-state index < -0.39 is 0 Å². The molecule has 3 aromatic carbocycles. The lowest BCUT2D eigenvalue weighted by molar-refractivity contribution is 0.0999. The lowest BCUT2D eigenvalue weighted by Gasteiger charge is -2.34. The van der Waals surface area contributed by atoms with Crippen LogP contribution in [0.15, 0.2) is 48.5 Å². The molecule has 0 radical (unpaired) electrons. The molecule has 1 fully saturated rings. The van der Waals surface area contributed by atoms with Crippen LogP contribution < -0.4 is 20.7 Å². The highest BCUT2D eigenvalue weighted by Gasteiger charge is 2.34. The Morgan fingerprint density at radius 3 is 2.38 bits per heavy atom. The molecule has 0 bridgehead atoms. The van der Waals surface area contributed by atoms with Gasteiger partial charge in [0.05, 0.1) is 18.4 Å². The molecule has 5 rings (SSSR count). The molecule has 0 atom stereocenters. The van der Waals surface area contributed by atoms with Gasteiger partial charge in [-0.2, -0.15) is 0 Å². The predicted octanol–water partition coefficient (Wildman–Crippen LogP) is 4.82. The molecule has 0 aromatic heterocycles. The third kappa shape index (κ3) is 3.93. The van der Waals surface area contributed by atoms with Gasteiger partial charge in [0.2, 0.25) is 0 Å². The summed E-state index contributed by atoms with van der Waals surface area (Å²) in [6.07, 6.45) is 2.50. The van der Waals surface area contributed by atoms with Crippen molar-refractivity contribution in [2.24, 2.45) is 5.73 Å². The zero-order valence-corrected chi connectivity index (χ0v) is 20.6. The van der Waals surface area contributed by atoms with Crippen LogP contribution in [-0.2, 0) is 12.8 Å². The molecule has 1 heterocycles. The van der Waals surface area contributed by atoms with Crippen LogP contribution in [0.5, 0.6) is 5.75 Å². The molecule has 1 amide bonds. The first-order valence-electron chi connectivity index (χ1n) is 11.8. The van der Waals surface area contributed by atoms with Gasteiger partial charge in [-0.05, 0) is 45.9 Å². The predicted molar refractivity (Wildman–Crippen MR) is 142 cm³/mol. The van der Waals surface area contributed by atoms with Crippen LogP contribution in [0.4, 0.5) is 5.69 Å². The summed E-state index contributed by atoms with van der Waals surface area (Å²) in [5.74, 6) is 0.466. The summed E-state index contributed by atoms with van der Waals surface area (Å²) in [7, 11) is 1.70. The van der Waals surface area contributed by atoms with E-state index in [1.807, 2.05) is 18.2 Å². The quantitative estimate of drug-likeness (QED) is 0.418. The zero-order valence-electron chi connectivity index (χ0n) is 19.8. The number of anilines is 1. The molecule has 3 N–H and O–H groups in total. The van der Waals surface area contributed by atoms with Crippen LogP contribution in [0.3, 0.4) is 0 Å². The van der Waals surface area contributed by atoms with Crippen LogP contribution in [0, 0.1) is 0 Å². The van der Waals surface area contributed by atoms with Gasteiger partial charge in [0.25, 0.3) is 5.91 Å². The molecular formula is C28H32ClN3O2. The Kier molecular flexibility index (Phi) is 7.15. The summed E-state index contributed by atoms with van der Waals surface area (Å²) in [6, 6.07) is 16.7. The van der Waals surface area contributed by atoms with E-state index in [1.54, 1.807) is 7.11 Å². The lowest BCUT2D eigenvalue weighted by atomic mass is 9.83. The number of methoxy groups -OCH3 is 1. The van der Waals surface area contributed by atoms with Gasteiger partial charge in [0, 0.05) is 38.2 Å². The van der Waals surface area contributed by atoms with E-state index in [4.69, 9.17) is 10.5 Å². The molecular weight excluding hydrogens is 446 g/mol. The van der Waals surface area contributed by atoms with Gasteiger partial charge in [0.15, 0.2) is 0 Å². The molecule has 0 saturated carbocycles. The second-order valence-electron chi connectivity index (χ2n) is 8.82. The number of amides is 1. The van der Waals surface area contributed by atoms with Crippen molar-refractivity contribution in [2.45, 2.75) is 26.2 Å². The van der Waals surface area contributed by atoms with Crippen molar-refractivity contribution in [3.63, 3.8) is 0 Å². The van der Waals surface area contributed by atoms with E-state index in [9.17, 15) is 4.79 Å². The van der Waals surface area contributed by atoms with Gasteiger partial charge in [-0.25, -0.2) is 0 Å².